The smallest absolute Gasteiger partial charge is 0.332 e. The van der Waals surface area contributed by atoms with Gasteiger partial charge in [0.05, 0.1) is 12.5 Å². The van der Waals surface area contributed by atoms with E-state index in [4.69, 9.17) is 5.11 Å². The molecule has 0 aliphatic heterocycles. The van der Waals surface area contributed by atoms with Gasteiger partial charge in [-0.2, -0.15) is 26.3 Å². The molecule has 1 saturated carbocycles. The van der Waals surface area contributed by atoms with E-state index in [1.165, 1.54) is 0 Å². The minimum Gasteiger partial charge on any atom is -0.393 e. The quantitative estimate of drug-likeness (QED) is 0.663. The molecule has 156 valence electrons. The Labute approximate surface area is 137 Å². The predicted molar refractivity (Wildman–Crippen MR) is 59.5 cm³/mol. The Morgan fingerprint density at radius 3 is 1.50 bits per heavy atom. The van der Waals surface area contributed by atoms with Gasteiger partial charge in [-0.3, -0.25) is 4.39 Å². The molecule has 1 nitrogen and oxygen atoms in total. The van der Waals surface area contributed by atoms with Gasteiger partial charge < -0.3 is 5.11 Å². The van der Waals surface area contributed by atoms with Crippen LogP contribution in [0.1, 0.15) is 6.92 Å². The minimum atomic E-state index is -6.95. The third-order valence-electron chi connectivity index (χ3n) is 4.56. The summed E-state index contributed by atoms with van der Waals surface area (Å²) in [6.45, 7) is -6.90. The Bertz CT molecular complexity index is 535. The van der Waals surface area contributed by atoms with E-state index in [0.29, 0.717) is 0 Å². The first kappa shape index (κ1) is 23.1. The molecule has 0 saturated heterocycles. The molecule has 5 atom stereocenters. The second kappa shape index (κ2) is 6.03. The molecular formula is C12H11F13O. The van der Waals surface area contributed by atoms with Crippen LogP contribution in [-0.2, 0) is 0 Å². The third-order valence-corrected chi connectivity index (χ3v) is 4.56. The molecule has 0 bridgehead atoms. The fourth-order valence-electron chi connectivity index (χ4n) is 2.71. The zero-order chi connectivity index (χ0) is 21.1. The van der Waals surface area contributed by atoms with Crippen LogP contribution in [0.4, 0.5) is 57.1 Å². The van der Waals surface area contributed by atoms with E-state index in [1.54, 1.807) is 0 Å². The van der Waals surface area contributed by atoms with Gasteiger partial charge in [0, 0.05) is 0 Å². The number of halogens is 13. The molecule has 0 heterocycles. The zero-order valence-corrected chi connectivity index (χ0v) is 12.5. The Morgan fingerprint density at radius 1 is 0.769 bits per heavy atom. The van der Waals surface area contributed by atoms with Gasteiger partial charge in [0.2, 0.25) is 12.1 Å². The van der Waals surface area contributed by atoms with Crippen LogP contribution in [0.2, 0.25) is 0 Å². The number of aliphatic hydroxyl groups is 1. The molecule has 1 fully saturated rings. The van der Waals surface area contributed by atoms with E-state index in [-0.39, 0.29) is 0 Å². The van der Waals surface area contributed by atoms with Crippen LogP contribution in [0.5, 0.6) is 0 Å². The number of rotatable bonds is 5. The van der Waals surface area contributed by atoms with Crippen LogP contribution in [0.3, 0.4) is 0 Å². The van der Waals surface area contributed by atoms with Crippen molar-refractivity contribution in [2.45, 2.75) is 54.3 Å². The Hall–Kier alpha value is -0.950. The van der Waals surface area contributed by atoms with Gasteiger partial charge in [-0.15, -0.1) is 0 Å². The van der Waals surface area contributed by atoms with Crippen LogP contribution < -0.4 is 0 Å². The zero-order valence-electron chi connectivity index (χ0n) is 12.5. The van der Waals surface area contributed by atoms with Crippen molar-refractivity contribution in [2.24, 2.45) is 5.92 Å². The first-order valence-electron chi connectivity index (χ1n) is 6.66. The molecule has 0 amide bonds. The van der Waals surface area contributed by atoms with Gasteiger partial charge in [0.25, 0.3) is 11.3 Å². The minimum absolute atomic E-state index is 0.972. The van der Waals surface area contributed by atoms with Gasteiger partial charge in [-0.1, -0.05) is 0 Å². The van der Waals surface area contributed by atoms with Crippen molar-refractivity contribution in [3.05, 3.63) is 0 Å². The van der Waals surface area contributed by atoms with Crippen LogP contribution in [0.15, 0.2) is 0 Å². The summed E-state index contributed by atoms with van der Waals surface area (Å²) in [6.07, 6.45) is -9.43. The summed E-state index contributed by atoms with van der Waals surface area (Å²) in [7, 11) is 0. The van der Waals surface area contributed by atoms with Crippen molar-refractivity contribution in [1.29, 1.82) is 0 Å². The molecule has 1 aliphatic carbocycles. The molecule has 0 aromatic carbocycles. The molecule has 26 heavy (non-hydrogen) atoms. The van der Waals surface area contributed by atoms with Crippen molar-refractivity contribution < 1.29 is 62.2 Å². The highest BCUT2D eigenvalue weighted by Gasteiger charge is 2.98. The molecule has 0 aromatic heterocycles. The number of hydrogen-bond acceptors (Lipinski definition) is 1. The first-order chi connectivity index (χ1) is 11.4. The summed E-state index contributed by atoms with van der Waals surface area (Å²) >= 11 is 0. The highest BCUT2D eigenvalue weighted by atomic mass is 19.3. The summed E-state index contributed by atoms with van der Waals surface area (Å²) in [4.78, 5) is 0. The van der Waals surface area contributed by atoms with Crippen molar-refractivity contribution in [3.63, 3.8) is 0 Å². The second-order valence-electron chi connectivity index (χ2n) is 5.95. The van der Waals surface area contributed by atoms with Crippen LogP contribution in [0, 0.1) is 5.92 Å². The highest BCUT2D eigenvalue weighted by molar-refractivity contribution is 5.32. The highest BCUT2D eigenvalue weighted by Crippen LogP contribution is 2.69. The Balaban J connectivity index is 3.90. The molecule has 0 aromatic rings. The Morgan fingerprint density at radius 2 is 1.19 bits per heavy atom. The van der Waals surface area contributed by atoms with Crippen LogP contribution in [-0.4, -0.2) is 65.8 Å². The average Bonchev–Trinajstić information content (AvgIpc) is 2.51. The molecule has 0 spiro atoms. The maximum absolute atomic E-state index is 14.5. The summed E-state index contributed by atoms with van der Waals surface area (Å²) in [5.74, 6) is -24.2. The number of aliphatic hydroxyl groups excluding tert-OH is 1. The van der Waals surface area contributed by atoms with E-state index in [9.17, 15) is 57.1 Å². The topological polar surface area (TPSA) is 20.2 Å². The summed E-state index contributed by atoms with van der Waals surface area (Å²) in [5.41, 5.74) is -18.8. The Kier molecular flexibility index (Phi) is 5.35. The van der Waals surface area contributed by atoms with Gasteiger partial charge >= 0.3 is 17.8 Å². The molecular weight excluding hydrogens is 407 g/mol. The predicted octanol–water partition coefficient (Wildman–Crippen LogP) is 4.23. The lowest BCUT2D eigenvalue weighted by Gasteiger charge is -2.58. The fourth-order valence-corrected chi connectivity index (χ4v) is 2.71. The summed E-state index contributed by atoms with van der Waals surface area (Å²) in [6, 6.07) is 0. The summed E-state index contributed by atoms with van der Waals surface area (Å²) in [5, 5.41) is 8.49. The van der Waals surface area contributed by atoms with E-state index in [0.717, 1.165) is 0 Å². The SMILES string of the molecule is CC1(F)C(F)(F)C(F)(CO)C(F)(F)C(F)(C(F)C(CF)C(F)F)C1(F)F. The average molecular weight is 418 g/mol. The van der Waals surface area contributed by atoms with E-state index >= 15 is 0 Å². The van der Waals surface area contributed by atoms with Gasteiger partial charge in [-0.25, -0.2) is 26.3 Å². The van der Waals surface area contributed by atoms with E-state index in [1.807, 2.05) is 0 Å². The molecule has 5 unspecified atom stereocenters. The first-order valence-corrected chi connectivity index (χ1v) is 6.66. The molecule has 14 heteroatoms. The third kappa shape index (κ3) is 2.16. The van der Waals surface area contributed by atoms with Gasteiger partial charge in [0.1, 0.15) is 6.67 Å². The maximum atomic E-state index is 14.5. The van der Waals surface area contributed by atoms with E-state index in [2.05, 4.69) is 0 Å². The molecule has 1 N–H and O–H groups in total. The number of alkyl halides is 13. The largest absolute Gasteiger partial charge is 0.393 e. The lowest BCUT2D eigenvalue weighted by molar-refractivity contribution is -0.445. The van der Waals surface area contributed by atoms with E-state index < -0.39 is 73.5 Å². The fraction of sp³-hybridized carbons (Fsp3) is 1.00. The van der Waals surface area contributed by atoms with Crippen molar-refractivity contribution in [1.82, 2.24) is 0 Å². The molecule has 1 aliphatic rings. The normalized spacial score (nSPS) is 41.1. The second-order valence-corrected chi connectivity index (χ2v) is 5.95. The van der Waals surface area contributed by atoms with Crippen molar-refractivity contribution in [2.75, 3.05) is 13.3 Å². The lowest BCUT2D eigenvalue weighted by atomic mass is 9.60. The molecule has 1 rings (SSSR count). The van der Waals surface area contributed by atoms with Crippen LogP contribution in [0.25, 0.3) is 0 Å². The lowest BCUT2D eigenvalue weighted by Crippen LogP contribution is -2.88. The maximum Gasteiger partial charge on any atom is 0.332 e. The van der Waals surface area contributed by atoms with Crippen molar-refractivity contribution in [3.8, 4) is 0 Å². The van der Waals surface area contributed by atoms with Gasteiger partial charge in [-0.05, 0) is 6.92 Å². The number of hydrogen-bond donors (Lipinski definition) is 1. The van der Waals surface area contributed by atoms with Gasteiger partial charge in [0.15, 0.2) is 6.17 Å². The summed E-state index contributed by atoms with van der Waals surface area (Å²) < 4.78 is 177. The van der Waals surface area contributed by atoms with Crippen LogP contribution >= 0.6 is 0 Å². The standard InChI is InChI=1S/C12H11F13O/c1-7(17)10(20,21)8(18,3-26)12(24,25)9(19,11(7,22)23)5(14)4(2-13)6(15)16/h4-6,26H,2-3H2,1H3. The van der Waals surface area contributed by atoms with Crippen molar-refractivity contribution >= 4 is 0 Å². The monoisotopic (exact) mass is 418 g/mol. The molecule has 0 radical (unpaired) electrons.